The molecule has 0 spiro atoms. The first-order valence-electron chi connectivity index (χ1n) is 12.7. The number of carbonyl (C=O) groups is 2. The van der Waals surface area contributed by atoms with Gasteiger partial charge in [0, 0.05) is 24.6 Å². The van der Waals surface area contributed by atoms with Gasteiger partial charge in [-0.25, -0.2) is 0 Å². The average molecular weight is 507 g/mol. The van der Waals surface area contributed by atoms with E-state index in [0.717, 1.165) is 49.0 Å². The number of hydrogen-bond donors (Lipinski definition) is 1. The molecule has 1 heterocycles. The smallest absolute Gasteiger partial charge is 0.230 e. The number of methoxy groups -OCH3 is 1. The van der Waals surface area contributed by atoms with Crippen molar-refractivity contribution in [1.82, 2.24) is 15.1 Å². The molecule has 1 aromatic heterocycles. The predicted octanol–water partition coefficient (Wildman–Crippen LogP) is 5.90. The van der Waals surface area contributed by atoms with Gasteiger partial charge in [-0.1, -0.05) is 80.0 Å². The molecule has 0 aliphatic heterocycles. The maximum Gasteiger partial charge on any atom is 0.230 e. The maximum absolute atomic E-state index is 13.7. The maximum atomic E-state index is 13.7. The third-order valence-corrected chi connectivity index (χ3v) is 7.66. The van der Waals surface area contributed by atoms with E-state index in [1.807, 2.05) is 59.5 Å². The van der Waals surface area contributed by atoms with Crippen LogP contribution < -0.4 is 10.1 Å². The van der Waals surface area contributed by atoms with E-state index >= 15 is 0 Å². The lowest BCUT2D eigenvalue weighted by atomic mass is 9.90. The highest BCUT2D eigenvalue weighted by Gasteiger charge is 2.31. The topological polar surface area (TPSA) is 84.4 Å². The molecule has 7 nitrogen and oxygen atoms in total. The van der Waals surface area contributed by atoms with E-state index in [0.29, 0.717) is 16.7 Å². The lowest BCUT2D eigenvalue weighted by Gasteiger charge is -2.36. The fourth-order valence-electron chi connectivity index (χ4n) is 4.85. The highest BCUT2D eigenvalue weighted by atomic mass is 32.1. The van der Waals surface area contributed by atoms with Crippen molar-refractivity contribution in [2.75, 3.05) is 19.0 Å². The molecule has 0 saturated heterocycles. The Morgan fingerprint density at radius 3 is 2.58 bits per heavy atom. The summed E-state index contributed by atoms with van der Waals surface area (Å²) in [6.07, 6.45) is 6.41. The Morgan fingerprint density at radius 2 is 1.86 bits per heavy atom. The van der Waals surface area contributed by atoms with Crippen molar-refractivity contribution in [3.05, 3.63) is 60.2 Å². The van der Waals surface area contributed by atoms with Crippen LogP contribution in [0, 0.1) is 0 Å². The van der Waals surface area contributed by atoms with Gasteiger partial charge in [-0.05, 0) is 37.0 Å². The standard InChI is InChI=1S/C28H34N4O3S/c1-3-24(20-11-6-4-7-12-20)27(34)32(22-14-8-5-9-15-22)18-17-25(33)29-28-31-30-26(36-28)21-13-10-16-23(19-21)35-2/h4,6-7,10-13,16,19,22,24H,3,5,8-9,14-15,17-18H2,1-2H3,(H,29,31,33)/t24-/m1/s1. The minimum Gasteiger partial charge on any atom is -0.497 e. The number of nitrogens with zero attached hydrogens (tertiary/aromatic N) is 3. The second-order valence-electron chi connectivity index (χ2n) is 9.14. The number of anilines is 1. The summed E-state index contributed by atoms with van der Waals surface area (Å²) in [5, 5.41) is 12.4. The summed E-state index contributed by atoms with van der Waals surface area (Å²) in [5.74, 6) is 0.510. The van der Waals surface area contributed by atoms with E-state index in [-0.39, 0.29) is 30.2 Å². The van der Waals surface area contributed by atoms with Crippen molar-refractivity contribution in [3.63, 3.8) is 0 Å². The highest BCUT2D eigenvalue weighted by Crippen LogP contribution is 2.30. The van der Waals surface area contributed by atoms with Gasteiger partial charge >= 0.3 is 0 Å². The fourth-order valence-corrected chi connectivity index (χ4v) is 5.61. The molecule has 36 heavy (non-hydrogen) atoms. The summed E-state index contributed by atoms with van der Waals surface area (Å²) < 4.78 is 5.28. The molecule has 1 N–H and O–H groups in total. The first-order chi connectivity index (χ1) is 17.6. The van der Waals surface area contributed by atoms with Crippen LogP contribution in [0.5, 0.6) is 5.75 Å². The van der Waals surface area contributed by atoms with Crippen LogP contribution in [0.4, 0.5) is 5.13 Å². The summed E-state index contributed by atoms with van der Waals surface area (Å²) in [5.41, 5.74) is 1.92. The number of amides is 2. The monoisotopic (exact) mass is 506 g/mol. The van der Waals surface area contributed by atoms with E-state index < -0.39 is 0 Å². The molecule has 8 heteroatoms. The Hall–Kier alpha value is -3.26. The zero-order chi connectivity index (χ0) is 25.3. The van der Waals surface area contributed by atoms with Crippen molar-refractivity contribution < 1.29 is 14.3 Å². The molecule has 0 unspecified atom stereocenters. The van der Waals surface area contributed by atoms with Crippen LogP contribution in [0.25, 0.3) is 10.6 Å². The first kappa shape index (κ1) is 25.8. The minimum atomic E-state index is -0.190. The van der Waals surface area contributed by atoms with Crippen LogP contribution in [0.15, 0.2) is 54.6 Å². The minimum absolute atomic E-state index is 0.125. The van der Waals surface area contributed by atoms with Crippen LogP contribution in [0.3, 0.4) is 0 Å². The molecule has 2 amide bonds. The number of nitrogens with one attached hydrogen (secondary N) is 1. The van der Waals surface area contributed by atoms with Crippen molar-refractivity contribution in [1.29, 1.82) is 0 Å². The number of hydrogen-bond acceptors (Lipinski definition) is 6. The normalized spacial score (nSPS) is 14.7. The van der Waals surface area contributed by atoms with Gasteiger partial charge in [0.1, 0.15) is 10.8 Å². The van der Waals surface area contributed by atoms with E-state index in [1.54, 1.807) is 7.11 Å². The second kappa shape index (κ2) is 12.6. The quantitative estimate of drug-likeness (QED) is 0.370. The van der Waals surface area contributed by atoms with Crippen molar-refractivity contribution in [2.45, 2.75) is 63.8 Å². The number of ether oxygens (including phenoxy) is 1. The largest absolute Gasteiger partial charge is 0.497 e. The molecule has 3 aromatic rings. The van der Waals surface area contributed by atoms with Gasteiger partial charge in [0.25, 0.3) is 0 Å². The van der Waals surface area contributed by atoms with Gasteiger partial charge in [0.15, 0.2) is 0 Å². The average Bonchev–Trinajstić information content (AvgIpc) is 3.39. The molecule has 0 radical (unpaired) electrons. The van der Waals surface area contributed by atoms with Crippen LogP contribution in [-0.2, 0) is 9.59 Å². The van der Waals surface area contributed by atoms with Gasteiger partial charge < -0.3 is 15.0 Å². The summed E-state index contributed by atoms with van der Waals surface area (Å²) in [7, 11) is 1.62. The van der Waals surface area contributed by atoms with E-state index in [9.17, 15) is 9.59 Å². The summed E-state index contributed by atoms with van der Waals surface area (Å²) in [6, 6.07) is 17.7. The third kappa shape index (κ3) is 6.49. The molecule has 1 aliphatic carbocycles. The molecule has 1 aliphatic rings. The molecule has 4 rings (SSSR count). The van der Waals surface area contributed by atoms with Crippen LogP contribution in [-0.4, -0.2) is 46.6 Å². The molecule has 1 atom stereocenters. The fraction of sp³-hybridized carbons (Fsp3) is 0.429. The second-order valence-corrected chi connectivity index (χ2v) is 10.1. The Morgan fingerprint density at radius 1 is 1.08 bits per heavy atom. The summed E-state index contributed by atoms with van der Waals surface area (Å²) in [6.45, 7) is 2.46. The van der Waals surface area contributed by atoms with E-state index in [1.165, 1.54) is 17.8 Å². The number of rotatable bonds is 10. The van der Waals surface area contributed by atoms with Crippen LogP contribution >= 0.6 is 11.3 Å². The Bertz CT molecular complexity index is 1140. The molecular formula is C28H34N4O3S. The molecule has 190 valence electrons. The summed E-state index contributed by atoms with van der Waals surface area (Å²) >= 11 is 1.32. The molecular weight excluding hydrogens is 472 g/mol. The van der Waals surface area contributed by atoms with Crippen LogP contribution in [0.1, 0.15) is 63.4 Å². The van der Waals surface area contributed by atoms with Crippen LogP contribution in [0.2, 0.25) is 0 Å². The third-order valence-electron chi connectivity index (χ3n) is 6.77. The van der Waals surface area contributed by atoms with Gasteiger partial charge in [-0.3, -0.25) is 9.59 Å². The van der Waals surface area contributed by atoms with Gasteiger partial charge in [0.05, 0.1) is 13.0 Å². The van der Waals surface area contributed by atoms with Gasteiger partial charge in [-0.15, -0.1) is 10.2 Å². The summed E-state index contributed by atoms with van der Waals surface area (Å²) in [4.78, 5) is 28.5. The predicted molar refractivity (Wildman–Crippen MR) is 143 cm³/mol. The van der Waals surface area contributed by atoms with E-state index in [4.69, 9.17) is 4.74 Å². The zero-order valence-electron chi connectivity index (χ0n) is 21.0. The molecule has 0 bridgehead atoms. The van der Waals surface area contributed by atoms with Gasteiger partial charge in [0.2, 0.25) is 16.9 Å². The first-order valence-corrected chi connectivity index (χ1v) is 13.5. The number of benzene rings is 2. The van der Waals surface area contributed by atoms with Crippen molar-refractivity contribution in [2.24, 2.45) is 0 Å². The highest BCUT2D eigenvalue weighted by molar-refractivity contribution is 7.18. The SMILES string of the molecule is CC[C@@H](C(=O)N(CCC(=O)Nc1nnc(-c2cccc(OC)c2)s1)C1CCCCC1)c1ccccc1. The zero-order valence-corrected chi connectivity index (χ0v) is 21.8. The number of carbonyl (C=O) groups excluding carboxylic acids is 2. The Labute approximate surface area is 216 Å². The van der Waals surface area contributed by atoms with Gasteiger partial charge in [-0.2, -0.15) is 0 Å². The number of aromatic nitrogens is 2. The lowest BCUT2D eigenvalue weighted by molar-refractivity contribution is -0.136. The lowest BCUT2D eigenvalue weighted by Crippen LogP contribution is -2.45. The Balaban J connectivity index is 1.41. The Kier molecular flexibility index (Phi) is 9.06. The van der Waals surface area contributed by atoms with E-state index in [2.05, 4.69) is 22.4 Å². The molecule has 2 aromatic carbocycles. The molecule has 1 saturated carbocycles. The molecule has 1 fully saturated rings. The van der Waals surface area contributed by atoms with Crippen molar-refractivity contribution in [3.8, 4) is 16.3 Å². The van der Waals surface area contributed by atoms with Crippen molar-refractivity contribution >= 4 is 28.3 Å².